The highest BCUT2D eigenvalue weighted by Gasteiger charge is 2.34. The molecule has 3 heterocycles. The second-order valence-electron chi connectivity index (χ2n) is 10.0. The lowest BCUT2D eigenvalue weighted by Crippen LogP contribution is -2.31. The van der Waals surface area contributed by atoms with Crippen molar-refractivity contribution in [2.75, 3.05) is 7.11 Å². The molecule has 3 aromatic heterocycles. The Morgan fingerprint density at radius 1 is 1.11 bits per heavy atom. The van der Waals surface area contributed by atoms with Gasteiger partial charge in [-0.2, -0.15) is 0 Å². The number of hydrogen-bond donors (Lipinski definition) is 2. The number of pyridine rings is 2. The van der Waals surface area contributed by atoms with Gasteiger partial charge in [-0.05, 0) is 90.8 Å². The molecule has 1 amide bonds. The Bertz CT molecular complexity index is 1520. The van der Waals surface area contributed by atoms with Crippen molar-refractivity contribution in [3.8, 4) is 17.0 Å². The average Bonchev–Trinajstić information content (AvgIpc) is 3.73. The summed E-state index contributed by atoms with van der Waals surface area (Å²) in [6.07, 6.45) is 10.2. The van der Waals surface area contributed by atoms with Gasteiger partial charge in [0, 0.05) is 43.5 Å². The van der Waals surface area contributed by atoms with E-state index in [4.69, 9.17) is 10.1 Å². The topological polar surface area (TPSA) is 97.8 Å². The Labute approximate surface area is 222 Å². The Balaban J connectivity index is 1.57. The van der Waals surface area contributed by atoms with Gasteiger partial charge in [0.05, 0.1) is 24.9 Å². The number of imidazole rings is 1. The second kappa shape index (κ2) is 10.7. The summed E-state index contributed by atoms with van der Waals surface area (Å²) in [7, 11) is 3.45. The number of amides is 1. The summed E-state index contributed by atoms with van der Waals surface area (Å²) in [4.78, 5) is 22.6. The van der Waals surface area contributed by atoms with Gasteiger partial charge < -0.3 is 19.2 Å². The number of nitrogens with one attached hydrogen (secondary N) is 2. The third-order valence-corrected chi connectivity index (χ3v) is 7.27. The van der Waals surface area contributed by atoms with Crippen LogP contribution in [-0.4, -0.2) is 32.1 Å². The number of nitrogens with zero attached hydrogens (tertiary/aromatic N) is 4. The molecular formula is C30H34N6O2. The van der Waals surface area contributed by atoms with Crippen LogP contribution in [0.3, 0.4) is 0 Å². The SMILES string of the molecule is CCC(c1cc(C(=O)NC(c2cc(C)ccn2)C2CC2)cc(-c2ccnc(OC)c2)c1)n1ccn(C)c1=N. The molecule has 1 aliphatic rings. The molecule has 0 spiro atoms. The molecule has 1 fully saturated rings. The quantitative estimate of drug-likeness (QED) is 0.333. The normalized spacial score (nSPS) is 14.6. The average molecular weight is 511 g/mol. The van der Waals surface area contributed by atoms with Crippen LogP contribution in [0.2, 0.25) is 0 Å². The van der Waals surface area contributed by atoms with E-state index in [1.807, 2.05) is 67.5 Å². The molecule has 5 rings (SSSR count). The number of aromatic nitrogens is 4. The maximum absolute atomic E-state index is 13.8. The molecule has 0 saturated heterocycles. The highest BCUT2D eigenvalue weighted by Crippen LogP contribution is 2.41. The number of ether oxygens (including phenoxy) is 1. The molecule has 0 aliphatic heterocycles. The lowest BCUT2D eigenvalue weighted by molar-refractivity contribution is 0.0930. The van der Waals surface area contributed by atoms with Crippen molar-refractivity contribution in [3.63, 3.8) is 0 Å². The van der Waals surface area contributed by atoms with Crippen LogP contribution in [0, 0.1) is 18.3 Å². The van der Waals surface area contributed by atoms with E-state index in [2.05, 4.69) is 34.3 Å². The molecule has 1 saturated carbocycles. The maximum Gasteiger partial charge on any atom is 0.251 e. The van der Waals surface area contributed by atoms with Crippen LogP contribution >= 0.6 is 0 Å². The maximum atomic E-state index is 13.8. The van der Waals surface area contributed by atoms with Crippen LogP contribution < -0.4 is 15.7 Å². The number of rotatable bonds is 9. The van der Waals surface area contributed by atoms with Gasteiger partial charge in [-0.25, -0.2) is 4.98 Å². The highest BCUT2D eigenvalue weighted by atomic mass is 16.5. The van der Waals surface area contributed by atoms with Crippen molar-refractivity contribution in [1.29, 1.82) is 5.41 Å². The first-order valence-corrected chi connectivity index (χ1v) is 13.0. The summed E-state index contributed by atoms with van der Waals surface area (Å²) in [5, 5.41) is 11.8. The number of carbonyl (C=O) groups is 1. The standard InChI is InChI=1S/C30H34N6O2/c1-5-26(36-13-12-35(3)30(36)31)23-15-22(21-9-11-33-27(18-21)38-4)16-24(17-23)29(37)34-28(20-6-7-20)25-14-19(2)8-10-32-25/h8-18,20,26,28,31H,5-7H2,1-4H3,(H,34,37). The molecule has 38 heavy (non-hydrogen) atoms. The predicted octanol–water partition coefficient (Wildman–Crippen LogP) is 4.96. The molecule has 1 aromatic carbocycles. The molecule has 8 heteroatoms. The van der Waals surface area contributed by atoms with E-state index >= 15 is 0 Å². The van der Waals surface area contributed by atoms with Gasteiger partial charge >= 0.3 is 0 Å². The monoisotopic (exact) mass is 510 g/mol. The summed E-state index contributed by atoms with van der Waals surface area (Å²) in [6.45, 7) is 4.14. The van der Waals surface area contributed by atoms with Crippen molar-refractivity contribution in [3.05, 3.63) is 95.3 Å². The molecule has 1 aliphatic carbocycles. The van der Waals surface area contributed by atoms with E-state index in [-0.39, 0.29) is 18.0 Å². The van der Waals surface area contributed by atoms with Crippen LogP contribution in [0.15, 0.2) is 67.3 Å². The third kappa shape index (κ3) is 5.25. The molecule has 4 aromatic rings. The number of carbonyl (C=O) groups excluding carboxylic acids is 1. The summed E-state index contributed by atoms with van der Waals surface area (Å²) in [5.41, 5.74) is 5.78. The zero-order chi connectivity index (χ0) is 26.8. The van der Waals surface area contributed by atoms with Crippen molar-refractivity contribution >= 4 is 5.91 Å². The molecular weight excluding hydrogens is 476 g/mol. The molecule has 0 bridgehead atoms. The van der Waals surface area contributed by atoms with Crippen molar-refractivity contribution in [1.82, 2.24) is 24.4 Å². The van der Waals surface area contributed by atoms with Crippen LogP contribution in [0.25, 0.3) is 11.1 Å². The van der Waals surface area contributed by atoms with Crippen molar-refractivity contribution in [2.45, 2.75) is 45.2 Å². The fourth-order valence-corrected chi connectivity index (χ4v) is 5.00. The van der Waals surface area contributed by atoms with Gasteiger partial charge in [0.1, 0.15) is 0 Å². The van der Waals surface area contributed by atoms with Gasteiger partial charge in [0.2, 0.25) is 11.5 Å². The fourth-order valence-electron chi connectivity index (χ4n) is 5.00. The Morgan fingerprint density at radius 2 is 1.89 bits per heavy atom. The van der Waals surface area contributed by atoms with Crippen molar-refractivity contribution < 1.29 is 9.53 Å². The van der Waals surface area contributed by atoms with E-state index in [1.54, 1.807) is 17.9 Å². The first kappa shape index (κ1) is 25.4. The summed E-state index contributed by atoms with van der Waals surface area (Å²) in [6, 6.07) is 13.6. The van der Waals surface area contributed by atoms with Crippen molar-refractivity contribution in [2.24, 2.45) is 13.0 Å². The van der Waals surface area contributed by atoms with Crippen LogP contribution in [0.4, 0.5) is 0 Å². The smallest absolute Gasteiger partial charge is 0.251 e. The number of hydrogen-bond acceptors (Lipinski definition) is 5. The number of benzene rings is 1. The van der Waals surface area contributed by atoms with Crippen LogP contribution in [0.1, 0.15) is 65.4 Å². The minimum absolute atomic E-state index is 0.100. The van der Waals surface area contributed by atoms with Gasteiger partial charge in [-0.3, -0.25) is 15.2 Å². The molecule has 2 N–H and O–H groups in total. The van der Waals surface area contributed by atoms with E-state index in [9.17, 15) is 4.79 Å². The van der Waals surface area contributed by atoms with E-state index < -0.39 is 0 Å². The molecule has 2 unspecified atom stereocenters. The van der Waals surface area contributed by atoms with Gasteiger partial charge in [0.25, 0.3) is 5.91 Å². The largest absolute Gasteiger partial charge is 0.481 e. The lowest BCUT2D eigenvalue weighted by atomic mass is 9.95. The first-order valence-electron chi connectivity index (χ1n) is 13.0. The molecule has 8 nitrogen and oxygen atoms in total. The Morgan fingerprint density at radius 3 is 2.55 bits per heavy atom. The van der Waals surface area contributed by atoms with Gasteiger partial charge in [-0.15, -0.1) is 0 Å². The predicted molar refractivity (Wildman–Crippen MR) is 146 cm³/mol. The summed E-state index contributed by atoms with van der Waals surface area (Å²) < 4.78 is 9.08. The Kier molecular flexibility index (Phi) is 7.13. The Hall–Kier alpha value is -4.20. The second-order valence-corrected chi connectivity index (χ2v) is 10.0. The van der Waals surface area contributed by atoms with Gasteiger partial charge in [-0.1, -0.05) is 6.92 Å². The third-order valence-electron chi connectivity index (χ3n) is 7.27. The molecule has 2 atom stereocenters. The minimum atomic E-state index is -0.131. The summed E-state index contributed by atoms with van der Waals surface area (Å²) >= 11 is 0. The van der Waals surface area contributed by atoms with Crippen LogP contribution in [0.5, 0.6) is 5.88 Å². The fraction of sp³-hybridized carbons (Fsp3) is 0.333. The van der Waals surface area contributed by atoms with E-state index in [1.165, 1.54) is 0 Å². The van der Waals surface area contributed by atoms with E-state index in [0.717, 1.165) is 47.2 Å². The van der Waals surface area contributed by atoms with Crippen LogP contribution in [-0.2, 0) is 7.05 Å². The number of methoxy groups -OCH3 is 1. The molecule has 0 radical (unpaired) electrons. The van der Waals surface area contributed by atoms with Gasteiger partial charge in [0.15, 0.2) is 0 Å². The molecule has 196 valence electrons. The first-order chi connectivity index (χ1) is 18.4. The zero-order valence-corrected chi connectivity index (χ0v) is 22.3. The van der Waals surface area contributed by atoms with E-state index in [0.29, 0.717) is 23.0 Å². The lowest BCUT2D eigenvalue weighted by Gasteiger charge is -2.22. The minimum Gasteiger partial charge on any atom is -0.481 e. The number of aryl methyl sites for hydroxylation is 2. The zero-order valence-electron chi connectivity index (χ0n) is 22.3. The summed E-state index contributed by atoms with van der Waals surface area (Å²) in [5.74, 6) is 0.777. The highest BCUT2D eigenvalue weighted by molar-refractivity contribution is 5.96.